The largest absolute Gasteiger partial charge is 0.465 e. The number of halogens is 1. The van der Waals surface area contributed by atoms with E-state index in [1.165, 1.54) is 48.8 Å². The maximum atomic E-state index is 13.3. The van der Waals surface area contributed by atoms with Crippen LogP contribution in [0.25, 0.3) is 42.4 Å². The van der Waals surface area contributed by atoms with Crippen LogP contribution < -0.4 is 5.48 Å². The van der Waals surface area contributed by atoms with Gasteiger partial charge >= 0.3 is 5.97 Å². The minimum absolute atomic E-state index is 0.115. The maximum absolute atomic E-state index is 13.3. The molecule has 0 aliphatic carbocycles. The molecular formula is C47H38FNO6S3. The molecule has 2 heterocycles. The molecule has 0 aliphatic heterocycles. The Kier molecular flexibility index (Phi) is 15.8. The van der Waals surface area contributed by atoms with Gasteiger partial charge in [0.15, 0.2) is 5.78 Å². The summed E-state index contributed by atoms with van der Waals surface area (Å²) in [4.78, 5) is 46.5. The van der Waals surface area contributed by atoms with Gasteiger partial charge in [-0.15, -0.1) is 22.7 Å². The Morgan fingerprint density at radius 2 is 1.03 bits per heavy atom. The number of esters is 1. The molecule has 0 atom stereocenters. The van der Waals surface area contributed by atoms with Crippen LogP contribution in [-0.4, -0.2) is 41.5 Å². The number of benzene rings is 6. The molecule has 6 aromatic carbocycles. The molecule has 7 nitrogen and oxygen atoms in total. The second-order valence-electron chi connectivity index (χ2n) is 12.3. The summed E-state index contributed by atoms with van der Waals surface area (Å²) in [6.07, 6.45) is 0. The number of methoxy groups -OCH3 is 1. The van der Waals surface area contributed by atoms with Gasteiger partial charge in [0.05, 0.1) is 12.7 Å². The lowest BCUT2D eigenvalue weighted by Crippen LogP contribution is -2.17. The summed E-state index contributed by atoms with van der Waals surface area (Å²) in [7, 11) is 1.42. The van der Waals surface area contributed by atoms with E-state index in [-0.39, 0.29) is 23.1 Å². The third kappa shape index (κ3) is 10.8. The van der Waals surface area contributed by atoms with Gasteiger partial charge in [0.25, 0.3) is 5.91 Å². The van der Waals surface area contributed by atoms with E-state index in [0.29, 0.717) is 21.1 Å². The third-order valence-corrected chi connectivity index (χ3v) is 11.1. The number of amides is 1. The summed E-state index contributed by atoms with van der Waals surface area (Å²) in [5.41, 5.74) is 6.19. The first-order valence-electron chi connectivity index (χ1n) is 17.8. The van der Waals surface area contributed by atoms with Gasteiger partial charge in [-0.2, -0.15) is 12.6 Å². The number of hydroxylamine groups is 1. The number of hydrogen-bond acceptors (Lipinski definition) is 9. The topological polar surface area (TPSA) is 110 Å². The Bertz CT molecular complexity index is 2500. The fraction of sp³-hybridized carbons (Fsp3) is 0.0638. The molecule has 0 saturated carbocycles. The van der Waals surface area contributed by atoms with Gasteiger partial charge < -0.3 is 4.74 Å². The van der Waals surface area contributed by atoms with E-state index < -0.39 is 11.7 Å². The van der Waals surface area contributed by atoms with Crippen molar-refractivity contribution in [2.45, 2.75) is 6.92 Å². The molecule has 0 bridgehead atoms. The van der Waals surface area contributed by atoms with Gasteiger partial charge in [0.2, 0.25) is 0 Å². The first-order valence-corrected chi connectivity index (χ1v) is 20.1. The van der Waals surface area contributed by atoms with Crippen LogP contribution in [0.2, 0.25) is 0 Å². The van der Waals surface area contributed by atoms with Gasteiger partial charge in [-0.1, -0.05) is 140 Å². The molecule has 0 radical (unpaired) electrons. The van der Waals surface area contributed by atoms with Crippen molar-refractivity contribution in [1.29, 1.82) is 0 Å². The monoisotopic (exact) mass is 827 g/mol. The van der Waals surface area contributed by atoms with E-state index >= 15 is 0 Å². The highest BCUT2D eigenvalue weighted by atomic mass is 32.1. The Labute approximate surface area is 348 Å². The molecule has 2 aromatic heterocycles. The second kappa shape index (κ2) is 21.3. The number of thiol groups is 1. The van der Waals surface area contributed by atoms with Gasteiger partial charge in [-0.05, 0) is 42.3 Å². The maximum Gasteiger partial charge on any atom is 0.348 e. The average molecular weight is 828 g/mol. The average Bonchev–Trinajstić information content (AvgIpc) is 3.87. The van der Waals surface area contributed by atoms with Crippen molar-refractivity contribution < 1.29 is 33.5 Å². The quantitative estimate of drug-likeness (QED) is 0.0485. The van der Waals surface area contributed by atoms with E-state index in [1.807, 2.05) is 115 Å². The summed E-state index contributed by atoms with van der Waals surface area (Å²) >= 11 is 6.52. The van der Waals surface area contributed by atoms with Crippen LogP contribution in [0.1, 0.15) is 42.2 Å². The van der Waals surface area contributed by atoms with Crippen molar-refractivity contribution in [3.63, 3.8) is 0 Å². The predicted octanol–water partition coefficient (Wildman–Crippen LogP) is 11.6. The van der Waals surface area contributed by atoms with Crippen LogP contribution in [0.15, 0.2) is 164 Å². The normalized spacial score (nSPS) is 10.2. The number of hydrogen-bond donors (Lipinski definition) is 3. The lowest BCUT2D eigenvalue weighted by atomic mass is 10.0. The van der Waals surface area contributed by atoms with Crippen LogP contribution >= 0.6 is 35.3 Å². The highest BCUT2D eigenvalue weighted by molar-refractivity contribution is 7.81. The number of carbonyl (C=O) groups is 4. The van der Waals surface area contributed by atoms with E-state index in [0.717, 1.165) is 42.4 Å². The number of nitrogens with one attached hydrogen (secondary N) is 1. The molecule has 0 aliphatic rings. The molecular weight excluding hydrogens is 790 g/mol. The Morgan fingerprint density at radius 1 is 0.621 bits per heavy atom. The summed E-state index contributed by atoms with van der Waals surface area (Å²) in [5.74, 6) is -1.03. The Balaban J connectivity index is 0.000000158. The standard InChI is InChI=1S/C16H12O2S.C15H11NO2S.C13H9FO.C3H6OS/c1-18-16(17)15-14(11-7-3-2-4-8-11)12-9-5-6-10-13(12)19-15;17-15(16-18)14-13(10-6-2-1-3-7-10)11-8-4-5-9-12(11)19-14;14-12-9-5-4-8-11(12)13(15)10-6-2-1-3-7-10;1-3(4)2-5/h2-10H,1H3;1-9,18H,(H,16,17);1-9H;5H,2H2,1H3. The van der Waals surface area contributed by atoms with Gasteiger partial charge in [0.1, 0.15) is 21.4 Å². The first-order chi connectivity index (χ1) is 28.2. The van der Waals surface area contributed by atoms with Crippen LogP contribution in [-0.2, 0) is 9.53 Å². The van der Waals surface area contributed by atoms with E-state index in [1.54, 1.807) is 41.9 Å². The molecule has 8 aromatic rings. The predicted molar refractivity (Wildman–Crippen MR) is 236 cm³/mol. The highest BCUT2D eigenvalue weighted by Gasteiger charge is 2.20. The molecule has 11 heteroatoms. The molecule has 292 valence electrons. The zero-order valence-electron chi connectivity index (χ0n) is 31.4. The molecule has 0 unspecified atom stereocenters. The van der Waals surface area contributed by atoms with Crippen molar-refractivity contribution in [2.24, 2.45) is 0 Å². The molecule has 0 saturated heterocycles. The smallest absolute Gasteiger partial charge is 0.348 e. The van der Waals surface area contributed by atoms with Gasteiger partial charge in [-0.3, -0.25) is 19.6 Å². The number of fused-ring (bicyclic) bond motifs is 2. The van der Waals surface area contributed by atoms with Crippen LogP contribution in [0, 0.1) is 5.82 Å². The summed E-state index contributed by atoms with van der Waals surface area (Å²) < 4.78 is 20.3. The van der Waals surface area contributed by atoms with Crippen molar-refractivity contribution >= 4 is 78.9 Å². The second-order valence-corrected chi connectivity index (χ2v) is 14.7. The van der Waals surface area contributed by atoms with Crippen molar-refractivity contribution in [3.8, 4) is 22.3 Å². The van der Waals surface area contributed by atoms with Crippen LogP contribution in [0.3, 0.4) is 0 Å². The summed E-state index contributed by atoms with van der Waals surface area (Å²) in [5, 5.41) is 11.0. The Morgan fingerprint density at radius 3 is 1.50 bits per heavy atom. The zero-order valence-corrected chi connectivity index (χ0v) is 34.0. The fourth-order valence-electron chi connectivity index (χ4n) is 5.71. The number of thiophene rings is 2. The summed E-state index contributed by atoms with van der Waals surface area (Å²) in [6.45, 7) is 1.51. The lowest BCUT2D eigenvalue weighted by molar-refractivity contribution is -0.114. The minimum Gasteiger partial charge on any atom is -0.465 e. The van der Waals surface area contributed by atoms with Gasteiger partial charge in [0, 0.05) is 42.6 Å². The summed E-state index contributed by atoms with van der Waals surface area (Å²) in [6, 6.07) is 50.2. The van der Waals surface area contributed by atoms with Crippen LogP contribution in [0.5, 0.6) is 0 Å². The minimum atomic E-state index is -0.480. The first kappa shape index (κ1) is 42.9. The number of ether oxygens (including phenoxy) is 1. The fourth-order valence-corrected chi connectivity index (χ4v) is 7.97. The molecule has 8 rings (SSSR count). The lowest BCUT2D eigenvalue weighted by Gasteiger charge is -2.03. The molecule has 1 amide bonds. The van der Waals surface area contributed by atoms with E-state index in [2.05, 4.69) is 12.6 Å². The Hall–Kier alpha value is -6.24. The van der Waals surface area contributed by atoms with Crippen LogP contribution in [0.4, 0.5) is 4.39 Å². The molecule has 2 N–H and O–H groups in total. The number of Topliss-reactive ketones (excluding diaryl/α,β-unsaturated/α-hetero) is 1. The molecule has 0 fully saturated rings. The van der Waals surface area contributed by atoms with E-state index in [9.17, 15) is 23.6 Å². The zero-order chi connectivity index (χ0) is 41.4. The van der Waals surface area contributed by atoms with E-state index in [4.69, 9.17) is 9.94 Å². The van der Waals surface area contributed by atoms with Crippen molar-refractivity contribution in [3.05, 3.63) is 190 Å². The van der Waals surface area contributed by atoms with Gasteiger partial charge in [-0.25, -0.2) is 14.7 Å². The van der Waals surface area contributed by atoms with Crippen molar-refractivity contribution in [2.75, 3.05) is 12.9 Å². The van der Waals surface area contributed by atoms with Crippen molar-refractivity contribution in [1.82, 2.24) is 5.48 Å². The number of ketones is 2. The number of rotatable bonds is 7. The molecule has 58 heavy (non-hydrogen) atoms. The SMILES string of the molecule is CC(=O)CS.COC(=O)c1sc2ccccc2c1-c1ccccc1.O=C(NO)c1sc2ccccc2c1-c1ccccc1.O=C(c1ccccc1)c1ccccc1F. The number of carbonyl (C=O) groups excluding carboxylic acids is 4. The third-order valence-electron chi connectivity index (χ3n) is 8.37. The highest BCUT2D eigenvalue weighted by Crippen LogP contribution is 2.40. The molecule has 0 spiro atoms.